The molecule has 1 rings (SSSR count). The van der Waals surface area contributed by atoms with E-state index >= 15 is 0 Å². The van der Waals surface area contributed by atoms with Gasteiger partial charge < -0.3 is 10.1 Å². The predicted molar refractivity (Wildman–Crippen MR) is 68.8 cm³/mol. The summed E-state index contributed by atoms with van der Waals surface area (Å²) in [6.45, 7) is 4.41. The quantitative estimate of drug-likeness (QED) is 0.860. The molecular weight excluding hydrogens is 308 g/mol. The number of methoxy groups -OCH3 is 1. The van der Waals surface area contributed by atoms with E-state index in [0.29, 0.717) is 12.3 Å². The zero-order chi connectivity index (χ0) is 11.4. The number of hydrogen-bond donors (Lipinski definition) is 1. The molecule has 0 aliphatic heterocycles. The number of benzene rings is 1. The summed E-state index contributed by atoms with van der Waals surface area (Å²) in [4.78, 5) is 0. The van der Waals surface area contributed by atoms with Crippen molar-refractivity contribution in [2.24, 2.45) is 0 Å². The van der Waals surface area contributed by atoms with Crippen molar-refractivity contribution in [1.82, 2.24) is 0 Å². The maximum absolute atomic E-state index is 13.6. The maximum Gasteiger partial charge on any atom is 0.147 e. The summed E-state index contributed by atoms with van der Waals surface area (Å²) in [6.07, 6.45) is 0. The van der Waals surface area contributed by atoms with Crippen LogP contribution in [0, 0.1) is 16.3 Å². The second-order valence-electron chi connectivity index (χ2n) is 3.58. The second kappa shape index (κ2) is 5.65. The van der Waals surface area contributed by atoms with E-state index in [-0.39, 0.29) is 11.9 Å². The molecule has 2 nitrogen and oxygen atoms in total. The zero-order valence-electron chi connectivity index (χ0n) is 9.10. The molecule has 0 bridgehead atoms. The summed E-state index contributed by atoms with van der Waals surface area (Å²) < 4.78 is 19.5. The van der Waals surface area contributed by atoms with Crippen molar-refractivity contribution in [2.75, 3.05) is 19.0 Å². The number of rotatable bonds is 4. The van der Waals surface area contributed by atoms with E-state index < -0.39 is 0 Å². The van der Waals surface area contributed by atoms with Crippen molar-refractivity contribution in [2.45, 2.75) is 19.9 Å². The molecule has 0 amide bonds. The number of halogens is 2. The van der Waals surface area contributed by atoms with Crippen LogP contribution in [0.4, 0.5) is 10.1 Å². The van der Waals surface area contributed by atoms with Crippen LogP contribution in [-0.4, -0.2) is 19.8 Å². The van der Waals surface area contributed by atoms with Crippen molar-refractivity contribution < 1.29 is 9.13 Å². The van der Waals surface area contributed by atoms with Crippen LogP contribution in [0.5, 0.6) is 0 Å². The molecule has 0 unspecified atom stereocenters. The van der Waals surface area contributed by atoms with E-state index in [4.69, 9.17) is 4.74 Å². The largest absolute Gasteiger partial charge is 0.383 e. The predicted octanol–water partition coefficient (Wildman–Crippen LogP) is 3.19. The van der Waals surface area contributed by atoms with Gasteiger partial charge in [0, 0.05) is 16.7 Å². The molecule has 0 aliphatic rings. The summed E-state index contributed by atoms with van der Waals surface area (Å²) in [7, 11) is 1.63. The summed E-state index contributed by atoms with van der Waals surface area (Å²) >= 11 is 2.11. The molecular formula is C11H15FINO. The Morgan fingerprint density at radius 1 is 1.53 bits per heavy atom. The fourth-order valence-electron chi connectivity index (χ4n) is 1.42. The summed E-state index contributed by atoms with van der Waals surface area (Å²) in [6, 6.07) is 3.57. The van der Waals surface area contributed by atoms with Gasteiger partial charge in [-0.1, -0.05) is 0 Å². The first-order valence-corrected chi connectivity index (χ1v) is 5.83. The van der Waals surface area contributed by atoms with Crippen LogP contribution in [-0.2, 0) is 4.74 Å². The average Bonchev–Trinajstić information content (AvgIpc) is 2.11. The average molecular weight is 323 g/mol. The van der Waals surface area contributed by atoms with Crippen LogP contribution in [0.2, 0.25) is 0 Å². The maximum atomic E-state index is 13.6. The molecule has 0 aliphatic carbocycles. The summed E-state index contributed by atoms with van der Waals surface area (Å²) in [5.74, 6) is -0.206. The Morgan fingerprint density at radius 3 is 2.73 bits per heavy atom. The van der Waals surface area contributed by atoms with Gasteiger partial charge in [0.1, 0.15) is 5.82 Å². The van der Waals surface area contributed by atoms with E-state index in [1.54, 1.807) is 7.11 Å². The van der Waals surface area contributed by atoms with E-state index in [1.807, 2.05) is 19.9 Å². The van der Waals surface area contributed by atoms with Gasteiger partial charge >= 0.3 is 0 Å². The molecule has 0 spiro atoms. The first kappa shape index (κ1) is 12.7. The number of nitrogens with one attached hydrogen (secondary N) is 1. The van der Waals surface area contributed by atoms with Gasteiger partial charge in [0.25, 0.3) is 0 Å². The lowest BCUT2D eigenvalue weighted by molar-refractivity contribution is 0.190. The molecule has 1 aromatic carbocycles. The minimum absolute atomic E-state index is 0.100. The van der Waals surface area contributed by atoms with Gasteiger partial charge in [-0.2, -0.15) is 0 Å². The Hall–Kier alpha value is -0.360. The highest BCUT2D eigenvalue weighted by Gasteiger charge is 2.09. The van der Waals surface area contributed by atoms with Crippen LogP contribution >= 0.6 is 22.6 Å². The molecule has 1 atom stereocenters. The summed E-state index contributed by atoms with van der Waals surface area (Å²) in [5.41, 5.74) is 1.49. The molecule has 0 heterocycles. The molecule has 4 heteroatoms. The third-order valence-corrected chi connectivity index (χ3v) is 2.68. The Kier molecular flexibility index (Phi) is 4.79. The SMILES string of the molecule is COC[C@H](C)Nc1c(C)cc(I)cc1F. The van der Waals surface area contributed by atoms with Crippen molar-refractivity contribution in [3.63, 3.8) is 0 Å². The monoisotopic (exact) mass is 323 g/mol. The standard InChI is InChI=1S/C11H15FINO/c1-7-4-9(13)5-10(12)11(7)14-8(2)6-15-3/h4-5,8,14H,6H2,1-3H3/t8-/m0/s1. The first-order chi connectivity index (χ1) is 7.04. The molecule has 0 aromatic heterocycles. The van der Waals surface area contributed by atoms with Crippen molar-refractivity contribution >= 4 is 28.3 Å². The zero-order valence-corrected chi connectivity index (χ0v) is 11.3. The molecule has 0 radical (unpaired) electrons. The third kappa shape index (κ3) is 3.61. The van der Waals surface area contributed by atoms with Crippen LogP contribution in [0.1, 0.15) is 12.5 Å². The highest BCUT2D eigenvalue weighted by Crippen LogP contribution is 2.23. The molecule has 0 saturated carbocycles. The summed E-state index contributed by atoms with van der Waals surface area (Å²) in [5, 5.41) is 3.10. The van der Waals surface area contributed by atoms with Gasteiger partial charge in [0.15, 0.2) is 0 Å². The highest BCUT2D eigenvalue weighted by molar-refractivity contribution is 14.1. The van der Waals surface area contributed by atoms with Crippen LogP contribution in [0.3, 0.4) is 0 Å². The number of anilines is 1. The second-order valence-corrected chi connectivity index (χ2v) is 4.83. The number of aryl methyl sites for hydroxylation is 1. The third-order valence-electron chi connectivity index (χ3n) is 2.06. The Morgan fingerprint density at radius 2 is 2.20 bits per heavy atom. The topological polar surface area (TPSA) is 21.3 Å². The first-order valence-electron chi connectivity index (χ1n) is 4.75. The molecule has 84 valence electrons. The van der Waals surface area contributed by atoms with Crippen LogP contribution in [0.25, 0.3) is 0 Å². The Bertz CT molecular complexity index is 320. The van der Waals surface area contributed by atoms with Gasteiger partial charge in [-0.15, -0.1) is 0 Å². The van der Waals surface area contributed by atoms with Crippen molar-refractivity contribution in [3.05, 3.63) is 27.1 Å². The van der Waals surface area contributed by atoms with Crippen LogP contribution < -0.4 is 5.32 Å². The molecule has 1 aromatic rings. The number of hydrogen-bond acceptors (Lipinski definition) is 2. The Balaban J connectivity index is 2.85. The minimum atomic E-state index is -0.206. The lowest BCUT2D eigenvalue weighted by atomic mass is 10.2. The minimum Gasteiger partial charge on any atom is -0.383 e. The van der Waals surface area contributed by atoms with Gasteiger partial charge in [-0.05, 0) is 54.1 Å². The number of ether oxygens (including phenoxy) is 1. The van der Waals surface area contributed by atoms with Crippen molar-refractivity contribution in [1.29, 1.82) is 0 Å². The lowest BCUT2D eigenvalue weighted by Gasteiger charge is -2.17. The molecule has 0 saturated heterocycles. The molecule has 15 heavy (non-hydrogen) atoms. The normalized spacial score (nSPS) is 12.6. The van der Waals surface area contributed by atoms with E-state index in [1.165, 1.54) is 6.07 Å². The highest BCUT2D eigenvalue weighted by atomic mass is 127. The van der Waals surface area contributed by atoms with Gasteiger partial charge in [-0.3, -0.25) is 0 Å². The van der Waals surface area contributed by atoms with E-state index in [2.05, 4.69) is 27.9 Å². The van der Waals surface area contributed by atoms with Gasteiger partial charge in [0.05, 0.1) is 12.3 Å². The van der Waals surface area contributed by atoms with Gasteiger partial charge in [0.2, 0.25) is 0 Å². The van der Waals surface area contributed by atoms with Crippen molar-refractivity contribution in [3.8, 4) is 0 Å². The van der Waals surface area contributed by atoms with Gasteiger partial charge in [-0.25, -0.2) is 4.39 Å². The van der Waals surface area contributed by atoms with Crippen LogP contribution in [0.15, 0.2) is 12.1 Å². The fourth-order valence-corrected chi connectivity index (χ4v) is 2.16. The lowest BCUT2D eigenvalue weighted by Crippen LogP contribution is -2.22. The fraction of sp³-hybridized carbons (Fsp3) is 0.455. The molecule has 1 N–H and O–H groups in total. The van der Waals surface area contributed by atoms with E-state index in [0.717, 1.165) is 9.13 Å². The van der Waals surface area contributed by atoms with E-state index in [9.17, 15) is 4.39 Å². The molecule has 0 fully saturated rings. The Labute approximate surface area is 103 Å². The smallest absolute Gasteiger partial charge is 0.147 e.